The molecule has 2 aromatic heterocycles. The van der Waals surface area contributed by atoms with Gasteiger partial charge in [-0.25, -0.2) is 19.3 Å². The van der Waals surface area contributed by atoms with E-state index in [2.05, 4.69) is 25.3 Å². The van der Waals surface area contributed by atoms with E-state index < -0.39 is 0 Å². The maximum atomic E-state index is 13.9. The minimum atomic E-state index is -0.266. The second-order valence-electron chi connectivity index (χ2n) is 6.07. The fourth-order valence-electron chi connectivity index (χ4n) is 2.84. The molecule has 2 N–H and O–H groups in total. The summed E-state index contributed by atoms with van der Waals surface area (Å²) in [6.07, 6.45) is 5.13. The van der Waals surface area contributed by atoms with E-state index in [1.54, 1.807) is 43.9 Å². The van der Waals surface area contributed by atoms with Crippen molar-refractivity contribution in [2.45, 2.75) is 6.54 Å². The van der Waals surface area contributed by atoms with Crippen LogP contribution in [0.15, 0.2) is 67.1 Å². The number of nitrogens with one attached hydrogen (secondary N) is 2. The first-order chi connectivity index (χ1) is 13.7. The summed E-state index contributed by atoms with van der Waals surface area (Å²) in [6, 6.07) is 14.2. The molecule has 0 bridgehead atoms. The number of anilines is 1. The van der Waals surface area contributed by atoms with Gasteiger partial charge in [0.2, 0.25) is 5.95 Å². The summed E-state index contributed by atoms with van der Waals surface area (Å²) >= 11 is 0. The second-order valence-corrected chi connectivity index (χ2v) is 6.07. The molecular formula is C21H18FN5O. The first-order valence-corrected chi connectivity index (χ1v) is 8.73. The smallest absolute Gasteiger partial charge is 0.223 e. The van der Waals surface area contributed by atoms with Gasteiger partial charge >= 0.3 is 0 Å². The van der Waals surface area contributed by atoms with Crippen LogP contribution >= 0.6 is 0 Å². The summed E-state index contributed by atoms with van der Waals surface area (Å²) in [6.45, 7) is 0.287. The molecule has 0 saturated heterocycles. The predicted molar refractivity (Wildman–Crippen MR) is 105 cm³/mol. The highest BCUT2D eigenvalue weighted by atomic mass is 19.1. The molecule has 2 aromatic carbocycles. The SMILES string of the molecule is COc1ccc(-c2nc(NCc3ccccc3F)ncc2-c2ncc[nH]2)cc1. The minimum absolute atomic E-state index is 0.266. The van der Waals surface area contributed by atoms with Crippen LogP contribution < -0.4 is 10.1 Å². The van der Waals surface area contributed by atoms with E-state index in [4.69, 9.17) is 4.74 Å². The molecule has 4 rings (SSSR count). The number of aromatic amines is 1. The number of hydrogen-bond acceptors (Lipinski definition) is 5. The molecule has 0 amide bonds. The van der Waals surface area contributed by atoms with Crippen molar-refractivity contribution in [3.63, 3.8) is 0 Å². The van der Waals surface area contributed by atoms with E-state index in [9.17, 15) is 4.39 Å². The third-order valence-corrected chi connectivity index (χ3v) is 4.30. The van der Waals surface area contributed by atoms with Crippen LogP contribution in [0.2, 0.25) is 0 Å². The first-order valence-electron chi connectivity index (χ1n) is 8.73. The third-order valence-electron chi connectivity index (χ3n) is 4.30. The molecule has 0 aliphatic carbocycles. The summed E-state index contributed by atoms with van der Waals surface area (Å²) < 4.78 is 19.1. The monoisotopic (exact) mass is 375 g/mol. The van der Waals surface area contributed by atoms with Crippen molar-refractivity contribution >= 4 is 5.95 Å². The van der Waals surface area contributed by atoms with E-state index in [0.717, 1.165) is 16.9 Å². The zero-order valence-corrected chi connectivity index (χ0v) is 15.2. The Hall–Kier alpha value is -3.74. The highest BCUT2D eigenvalue weighted by Crippen LogP contribution is 2.30. The Bertz CT molecular complexity index is 1060. The number of hydrogen-bond donors (Lipinski definition) is 2. The lowest BCUT2D eigenvalue weighted by Crippen LogP contribution is -2.06. The van der Waals surface area contributed by atoms with E-state index in [1.807, 2.05) is 24.3 Å². The molecule has 140 valence electrons. The standard InChI is InChI=1S/C21H18FN5O/c1-28-16-8-6-14(7-9-16)19-17(20-23-10-11-24-20)13-26-21(27-19)25-12-15-4-2-3-5-18(15)22/h2-11,13H,12H2,1H3,(H,23,24)(H,25,26,27). The normalized spacial score (nSPS) is 10.6. The fraction of sp³-hybridized carbons (Fsp3) is 0.0952. The van der Waals surface area contributed by atoms with Crippen molar-refractivity contribution < 1.29 is 9.13 Å². The quantitative estimate of drug-likeness (QED) is 0.526. The Kier molecular flexibility index (Phi) is 4.97. The summed E-state index contributed by atoms with van der Waals surface area (Å²) in [4.78, 5) is 16.4. The molecule has 0 saturated carbocycles. The molecule has 7 heteroatoms. The van der Waals surface area contributed by atoms with Gasteiger partial charge in [0.05, 0.1) is 18.4 Å². The molecule has 0 unspecified atom stereocenters. The van der Waals surface area contributed by atoms with E-state index in [1.165, 1.54) is 6.07 Å². The molecule has 0 aliphatic heterocycles. The average molecular weight is 375 g/mol. The number of methoxy groups -OCH3 is 1. The maximum absolute atomic E-state index is 13.9. The van der Waals surface area contributed by atoms with Gasteiger partial charge in [-0.15, -0.1) is 0 Å². The van der Waals surface area contributed by atoms with Crippen LogP contribution in [-0.4, -0.2) is 27.0 Å². The molecule has 0 fully saturated rings. The highest BCUT2D eigenvalue weighted by molar-refractivity contribution is 5.77. The molecule has 0 spiro atoms. The van der Waals surface area contributed by atoms with Crippen molar-refractivity contribution in [2.75, 3.05) is 12.4 Å². The largest absolute Gasteiger partial charge is 0.497 e. The number of halogens is 1. The number of benzene rings is 2. The average Bonchev–Trinajstić information content (AvgIpc) is 3.28. The Labute approximate surface area is 161 Å². The number of rotatable bonds is 6. The molecule has 2 heterocycles. The highest BCUT2D eigenvalue weighted by Gasteiger charge is 2.14. The Morgan fingerprint density at radius 3 is 2.61 bits per heavy atom. The first kappa shape index (κ1) is 17.7. The molecular weight excluding hydrogens is 357 g/mol. The fourth-order valence-corrected chi connectivity index (χ4v) is 2.84. The van der Waals surface area contributed by atoms with Crippen LogP contribution in [0, 0.1) is 5.82 Å². The molecule has 6 nitrogen and oxygen atoms in total. The zero-order chi connectivity index (χ0) is 19.3. The minimum Gasteiger partial charge on any atom is -0.497 e. The summed E-state index contributed by atoms with van der Waals surface area (Å²) in [5.74, 6) is 1.57. The van der Waals surface area contributed by atoms with Gasteiger partial charge in [0.1, 0.15) is 17.4 Å². The van der Waals surface area contributed by atoms with Gasteiger partial charge < -0.3 is 15.0 Å². The van der Waals surface area contributed by atoms with E-state index in [0.29, 0.717) is 23.0 Å². The number of nitrogens with zero attached hydrogens (tertiary/aromatic N) is 3. The number of imidazole rings is 1. The van der Waals surface area contributed by atoms with Gasteiger partial charge in [0, 0.05) is 36.3 Å². The van der Waals surface area contributed by atoms with Gasteiger partial charge in [-0.3, -0.25) is 0 Å². The van der Waals surface area contributed by atoms with Crippen molar-refractivity contribution in [2.24, 2.45) is 0 Å². The van der Waals surface area contributed by atoms with Crippen LogP contribution in [-0.2, 0) is 6.54 Å². The van der Waals surface area contributed by atoms with E-state index >= 15 is 0 Å². The predicted octanol–water partition coefficient (Wildman–Crippen LogP) is 4.29. The lowest BCUT2D eigenvalue weighted by Gasteiger charge is -2.11. The topological polar surface area (TPSA) is 75.7 Å². The Balaban J connectivity index is 1.68. The molecule has 28 heavy (non-hydrogen) atoms. The number of H-pyrrole nitrogens is 1. The Morgan fingerprint density at radius 1 is 1.07 bits per heavy atom. The lowest BCUT2D eigenvalue weighted by molar-refractivity contribution is 0.415. The molecule has 0 radical (unpaired) electrons. The van der Waals surface area contributed by atoms with Gasteiger partial charge in [0.25, 0.3) is 0 Å². The summed E-state index contributed by atoms with van der Waals surface area (Å²) in [7, 11) is 1.62. The van der Waals surface area contributed by atoms with Crippen molar-refractivity contribution in [1.82, 2.24) is 19.9 Å². The van der Waals surface area contributed by atoms with Crippen LogP contribution in [0.5, 0.6) is 5.75 Å². The Morgan fingerprint density at radius 2 is 1.89 bits per heavy atom. The maximum Gasteiger partial charge on any atom is 0.223 e. The number of aromatic nitrogens is 4. The number of ether oxygens (including phenoxy) is 1. The molecule has 4 aromatic rings. The van der Waals surface area contributed by atoms with Gasteiger partial charge in [-0.2, -0.15) is 0 Å². The van der Waals surface area contributed by atoms with Crippen LogP contribution in [0.25, 0.3) is 22.6 Å². The molecule has 0 atom stereocenters. The lowest BCUT2D eigenvalue weighted by atomic mass is 10.1. The third kappa shape index (κ3) is 3.68. The molecule has 0 aliphatic rings. The second kappa shape index (κ2) is 7.87. The van der Waals surface area contributed by atoms with Gasteiger partial charge in [-0.05, 0) is 30.3 Å². The summed E-state index contributed by atoms with van der Waals surface area (Å²) in [5.41, 5.74) is 2.92. The summed E-state index contributed by atoms with van der Waals surface area (Å²) in [5, 5.41) is 3.09. The van der Waals surface area contributed by atoms with Crippen LogP contribution in [0.4, 0.5) is 10.3 Å². The zero-order valence-electron chi connectivity index (χ0n) is 15.2. The van der Waals surface area contributed by atoms with E-state index in [-0.39, 0.29) is 12.4 Å². The van der Waals surface area contributed by atoms with Crippen molar-refractivity contribution in [1.29, 1.82) is 0 Å². The van der Waals surface area contributed by atoms with Gasteiger partial charge in [0.15, 0.2) is 0 Å². The van der Waals surface area contributed by atoms with Crippen LogP contribution in [0.3, 0.4) is 0 Å². The van der Waals surface area contributed by atoms with Gasteiger partial charge in [-0.1, -0.05) is 18.2 Å². The van der Waals surface area contributed by atoms with Crippen molar-refractivity contribution in [3.8, 4) is 28.4 Å². The van der Waals surface area contributed by atoms with Crippen LogP contribution in [0.1, 0.15) is 5.56 Å². The van der Waals surface area contributed by atoms with Crippen molar-refractivity contribution in [3.05, 3.63) is 78.5 Å².